The lowest BCUT2D eigenvalue weighted by Gasteiger charge is -2.30. The molecule has 0 radical (unpaired) electrons. The molecule has 1 aromatic heterocycles. The first-order chi connectivity index (χ1) is 8.27. The summed E-state index contributed by atoms with van der Waals surface area (Å²) in [6.45, 7) is 5.87. The number of nitrogens with zero attached hydrogens (tertiary/aromatic N) is 3. The van der Waals surface area contributed by atoms with E-state index in [1.165, 1.54) is 17.2 Å². The smallest absolute Gasteiger partial charge is 0.150 e. The Bertz CT molecular complexity index is 375. The Kier molecular flexibility index (Phi) is 3.89. The van der Waals surface area contributed by atoms with Crippen molar-refractivity contribution in [1.82, 2.24) is 9.78 Å². The standard InChI is InChI=1S/C12H22N4O/c1-4-5-10-11-12(15(2)14-10)16(7-6-13-11)8-9-17-3/h13H,4-9H2,1-3H3. The minimum atomic E-state index is 0.758. The molecule has 0 saturated heterocycles. The topological polar surface area (TPSA) is 42.3 Å². The quantitative estimate of drug-likeness (QED) is 0.838. The number of fused-ring (bicyclic) bond motifs is 1. The van der Waals surface area contributed by atoms with Gasteiger partial charge in [0, 0.05) is 33.8 Å². The van der Waals surface area contributed by atoms with Gasteiger partial charge in [-0.2, -0.15) is 5.10 Å². The number of rotatable bonds is 5. The molecule has 2 heterocycles. The van der Waals surface area contributed by atoms with Crippen LogP contribution in [0.1, 0.15) is 19.0 Å². The van der Waals surface area contributed by atoms with Crippen LogP contribution in [0.5, 0.6) is 0 Å². The van der Waals surface area contributed by atoms with E-state index in [2.05, 4.69) is 22.2 Å². The van der Waals surface area contributed by atoms with Crippen molar-refractivity contribution in [1.29, 1.82) is 0 Å². The highest BCUT2D eigenvalue weighted by molar-refractivity contribution is 5.71. The molecule has 0 fully saturated rings. The lowest BCUT2D eigenvalue weighted by molar-refractivity contribution is 0.205. The maximum Gasteiger partial charge on any atom is 0.150 e. The molecule has 1 aromatic rings. The molecule has 1 aliphatic rings. The lowest BCUT2D eigenvalue weighted by Crippen LogP contribution is -2.37. The van der Waals surface area contributed by atoms with Gasteiger partial charge in [-0.1, -0.05) is 13.3 Å². The van der Waals surface area contributed by atoms with Gasteiger partial charge >= 0.3 is 0 Å². The summed E-state index contributed by atoms with van der Waals surface area (Å²) in [7, 11) is 3.76. The third-order valence-corrected chi connectivity index (χ3v) is 3.12. The molecule has 0 atom stereocenters. The van der Waals surface area contributed by atoms with Crippen molar-refractivity contribution < 1.29 is 4.74 Å². The molecular weight excluding hydrogens is 216 g/mol. The fourth-order valence-electron chi connectivity index (χ4n) is 2.37. The zero-order valence-corrected chi connectivity index (χ0v) is 11.0. The second-order valence-corrected chi connectivity index (χ2v) is 4.43. The summed E-state index contributed by atoms with van der Waals surface area (Å²) in [6, 6.07) is 0. The molecule has 1 aliphatic heterocycles. The Hall–Kier alpha value is -1.23. The summed E-state index contributed by atoms with van der Waals surface area (Å²) in [6.07, 6.45) is 2.16. The van der Waals surface area contributed by atoms with Gasteiger partial charge in [0.05, 0.1) is 12.3 Å². The zero-order chi connectivity index (χ0) is 12.3. The van der Waals surface area contributed by atoms with Gasteiger partial charge in [-0.05, 0) is 6.42 Å². The summed E-state index contributed by atoms with van der Waals surface area (Å²) in [5, 5.41) is 8.09. The molecule has 2 rings (SSSR count). The summed E-state index contributed by atoms with van der Waals surface area (Å²) in [5.41, 5.74) is 2.41. The highest BCUT2D eigenvalue weighted by Gasteiger charge is 2.24. The second kappa shape index (κ2) is 5.40. The van der Waals surface area contributed by atoms with Crippen molar-refractivity contribution in [3.8, 4) is 0 Å². The van der Waals surface area contributed by atoms with Crippen LogP contribution in [0.2, 0.25) is 0 Å². The van der Waals surface area contributed by atoms with Gasteiger partial charge in [0.25, 0.3) is 0 Å². The number of anilines is 2. The van der Waals surface area contributed by atoms with Gasteiger partial charge in [-0.15, -0.1) is 0 Å². The number of aromatic nitrogens is 2. The van der Waals surface area contributed by atoms with Crippen molar-refractivity contribution in [2.45, 2.75) is 19.8 Å². The highest BCUT2D eigenvalue weighted by Crippen LogP contribution is 2.32. The van der Waals surface area contributed by atoms with E-state index in [0.717, 1.165) is 39.1 Å². The molecule has 0 saturated carbocycles. The molecular formula is C12H22N4O. The molecule has 5 nitrogen and oxygen atoms in total. The van der Waals surface area contributed by atoms with Crippen molar-refractivity contribution in [2.24, 2.45) is 7.05 Å². The molecule has 5 heteroatoms. The van der Waals surface area contributed by atoms with E-state index in [-0.39, 0.29) is 0 Å². The van der Waals surface area contributed by atoms with Gasteiger partial charge in [0.1, 0.15) is 5.69 Å². The molecule has 96 valence electrons. The van der Waals surface area contributed by atoms with Crippen molar-refractivity contribution in [2.75, 3.05) is 43.6 Å². The maximum absolute atomic E-state index is 5.16. The largest absolute Gasteiger partial charge is 0.383 e. The third kappa shape index (κ3) is 2.39. The van der Waals surface area contributed by atoms with Crippen molar-refractivity contribution in [3.63, 3.8) is 0 Å². The van der Waals surface area contributed by atoms with Crippen LogP contribution in [0.25, 0.3) is 0 Å². The average Bonchev–Trinajstić information content (AvgIpc) is 2.65. The monoisotopic (exact) mass is 238 g/mol. The summed E-state index contributed by atoms with van der Waals surface area (Å²) in [4.78, 5) is 2.35. The summed E-state index contributed by atoms with van der Waals surface area (Å²) in [5.74, 6) is 1.21. The van der Waals surface area contributed by atoms with Crippen LogP contribution >= 0.6 is 0 Å². The summed E-state index contributed by atoms with van der Waals surface area (Å²) >= 11 is 0. The highest BCUT2D eigenvalue weighted by atomic mass is 16.5. The van der Waals surface area contributed by atoms with Crippen molar-refractivity contribution >= 4 is 11.5 Å². The Morgan fingerprint density at radius 2 is 2.29 bits per heavy atom. The molecule has 0 amide bonds. The van der Waals surface area contributed by atoms with Crippen LogP contribution in [0.4, 0.5) is 11.5 Å². The Morgan fingerprint density at radius 1 is 1.47 bits per heavy atom. The lowest BCUT2D eigenvalue weighted by atomic mass is 10.2. The molecule has 17 heavy (non-hydrogen) atoms. The van der Waals surface area contributed by atoms with Crippen LogP contribution in [0.15, 0.2) is 0 Å². The molecule has 0 aromatic carbocycles. The number of nitrogens with one attached hydrogen (secondary N) is 1. The number of hydrogen-bond donors (Lipinski definition) is 1. The van der Waals surface area contributed by atoms with Gasteiger partial charge in [0.2, 0.25) is 0 Å². The number of ether oxygens (including phenoxy) is 1. The van der Waals surface area contributed by atoms with Gasteiger partial charge in [-0.25, -0.2) is 0 Å². The molecule has 0 aliphatic carbocycles. The van der Waals surface area contributed by atoms with Gasteiger partial charge in [0.15, 0.2) is 5.82 Å². The van der Waals surface area contributed by atoms with E-state index >= 15 is 0 Å². The van der Waals surface area contributed by atoms with Gasteiger partial charge < -0.3 is 15.0 Å². The SMILES string of the molecule is CCCc1nn(C)c2c1NCCN2CCOC. The fourth-order valence-corrected chi connectivity index (χ4v) is 2.37. The predicted molar refractivity (Wildman–Crippen MR) is 69.8 cm³/mol. The molecule has 0 unspecified atom stereocenters. The first-order valence-electron chi connectivity index (χ1n) is 6.31. The second-order valence-electron chi connectivity index (χ2n) is 4.43. The van der Waals surface area contributed by atoms with Gasteiger partial charge in [-0.3, -0.25) is 4.68 Å². The minimum Gasteiger partial charge on any atom is -0.383 e. The van der Waals surface area contributed by atoms with Crippen LogP contribution < -0.4 is 10.2 Å². The minimum absolute atomic E-state index is 0.758. The van der Waals surface area contributed by atoms with Crippen molar-refractivity contribution in [3.05, 3.63) is 5.69 Å². The summed E-state index contributed by atoms with van der Waals surface area (Å²) < 4.78 is 7.15. The average molecular weight is 238 g/mol. The van der Waals surface area contributed by atoms with E-state index in [9.17, 15) is 0 Å². The number of hydrogen-bond acceptors (Lipinski definition) is 4. The number of aryl methyl sites for hydroxylation is 2. The normalized spacial score (nSPS) is 14.6. The van der Waals surface area contributed by atoms with Crippen LogP contribution in [0.3, 0.4) is 0 Å². The molecule has 0 spiro atoms. The number of methoxy groups -OCH3 is 1. The van der Waals surface area contributed by atoms with E-state index < -0.39 is 0 Å². The molecule has 1 N–H and O–H groups in total. The molecule has 0 bridgehead atoms. The first kappa shape index (κ1) is 12.2. The fraction of sp³-hybridized carbons (Fsp3) is 0.750. The van der Waals surface area contributed by atoms with Crippen LogP contribution in [0, 0.1) is 0 Å². The maximum atomic E-state index is 5.16. The van der Waals surface area contributed by atoms with E-state index in [1.54, 1.807) is 7.11 Å². The van der Waals surface area contributed by atoms with E-state index in [0.29, 0.717) is 0 Å². The predicted octanol–water partition coefficient (Wildman–Crippen LogP) is 1.25. The van der Waals surface area contributed by atoms with Crippen LogP contribution in [-0.4, -0.2) is 43.1 Å². The Balaban J connectivity index is 2.24. The van der Waals surface area contributed by atoms with E-state index in [4.69, 9.17) is 4.74 Å². The van der Waals surface area contributed by atoms with E-state index in [1.807, 2.05) is 11.7 Å². The van der Waals surface area contributed by atoms with Crippen LogP contribution in [-0.2, 0) is 18.2 Å². The third-order valence-electron chi connectivity index (χ3n) is 3.12. The Morgan fingerprint density at radius 3 is 3.00 bits per heavy atom. The first-order valence-corrected chi connectivity index (χ1v) is 6.31. The Labute approximate surface area is 103 Å². The zero-order valence-electron chi connectivity index (χ0n) is 11.0.